The van der Waals surface area contributed by atoms with Crippen LogP contribution in [0.3, 0.4) is 0 Å². The van der Waals surface area contributed by atoms with Crippen molar-refractivity contribution in [1.82, 2.24) is 4.98 Å². The predicted molar refractivity (Wildman–Crippen MR) is 49.3 cm³/mol. The van der Waals surface area contributed by atoms with Gasteiger partial charge in [-0.1, -0.05) is 6.07 Å². The fourth-order valence-electron chi connectivity index (χ4n) is 1.05. The summed E-state index contributed by atoms with van der Waals surface area (Å²) in [6.07, 6.45) is 1.36. The van der Waals surface area contributed by atoms with Crippen molar-refractivity contribution in [2.24, 2.45) is 5.73 Å². The number of aliphatic hydroxyl groups excluding tert-OH is 1. The lowest BCUT2D eigenvalue weighted by Gasteiger charge is -2.08. The molecule has 0 aromatic carbocycles. The fraction of sp³-hybridized carbons (Fsp3) is 0.333. The number of hydrogen-bond donors (Lipinski definition) is 3. The number of rotatable bonds is 4. The summed E-state index contributed by atoms with van der Waals surface area (Å²) in [5, 5.41) is 17.2. The van der Waals surface area contributed by atoms with Gasteiger partial charge in [0.05, 0.1) is 18.7 Å². The van der Waals surface area contributed by atoms with Crippen LogP contribution < -0.4 is 5.73 Å². The van der Waals surface area contributed by atoms with Gasteiger partial charge in [0.25, 0.3) is 0 Å². The van der Waals surface area contributed by atoms with E-state index < -0.39 is 12.0 Å². The van der Waals surface area contributed by atoms with Gasteiger partial charge < -0.3 is 15.9 Å². The van der Waals surface area contributed by atoms with E-state index in [0.717, 1.165) is 0 Å². The van der Waals surface area contributed by atoms with Gasteiger partial charge in [0, 0.05) is 12.2 Å². The van der Waals surface area contributed by atoms with E-state index in [9.17, 15) is 4.79 Å². The van der Waals surface area contributed by atoms with Gasteiger partial charge in [-0.15, -0.1) is 0 Å². The molecule has 0 fully saturated rings. The number of carboxylic acid groups (broad SMARTS) is 1. The van der Waals surface area contributed by atoms with Crippen LogP contribution in [0.15, 0.2) is 18.3 Å². The van der Waals surface area contributed by atoms with Gasteiger partial charge in [0.15, 0.2) is 0 Å². The minimum atomic E-state index is -0.941. The van der Waals surface area contributed by atoms with Crippen molar-refractivity contribution in [3.05, 3.63) is 29.6 Å². The maximum Gasteiger partial charge on any atom is 0.305 e. The lowest BCUT2D eigenvalue weighted by atomic mass is 10.1. The highest BCUT2D eigenvalue weighted by Crippen LogP contribution is 2.12. The molecule has 0 aliphatic carbocycles. The van der Waals surface area contributed by atoms with Crippen LogP contribution in [0.25, 0.3) is 0 Å². The molecule has 5 nitrogen and oxygen atoms in total. The second-order valence-electron chi connectivity index (χ2n) is 2.95. The first kappa shape index (κ1) is 10.6. The van der Waals surface area contributed by atoms with Crippen LogP contribution in [0.5, 0.6) is 0 Å². The Bertz CT molecular complexity index is 310. The number of nitrogens with zero attached hydrogens (tertiary/aromatic N) is 1. The zero-order chi connectivity index (χ0) is 10.6. The molecule has 1 unspecified atom stereocenters. The molecule has 0 radical (unpaired) electrons. The van der Waals surface area contributed by atoms with Crippen molar-refractivity contribution in [3.8, 4) is 0 Å². The Hall–Kier alpha value is -1.46. The predicted octanol–water partition coefficient (Wildman–Crippen LogP) is 0.0484. The molecular formula is C9H12N2O3. The van der Waals surface area contributed by atoms with Crippen molar-refractivity contribution in [1.29, 1.82) is 0 Å². The molecule has 5 heteroatoms. The van der Waals surface area contributed by atoms with Gasteiger partial charge in [-0.25, -0.2) is 0 Å². The van der Waals surface area contributed by atoms with Gasteiger partial charge >= 0.3 is 5.97 Å². The molecule has 0 aliphatic rings. The molecular weight excluding hydrogens is 184 g/mol. The summed E-state index contributed by atoms with van der Waals surface area (Å²) in [4.78, 5) is 14.3. The third-order valence-electron chi connectivity index (χ3n) is 1.83. The summed E-state index contributed by atoms with van der Waals surface area (Å²) >= 11 is 0. The molecule has 4 N–H and O–H groups in total. The third-order valence-corrected chi connectivity index (χ3v) is 1.83. The Morgan fingerprint density at radius 3 is 2.71 bits per heavy atom. The number of aliphatic carboxylic acids is 1. The van der Waals surface area contributed by atoms with E-state index in [1.807, 2.05) is 0 Å². The Kier molecular flexibility index (Phi) is 3.55. The van der Waals surface area contributed by atoms with E-state index in [4.69, 9.17) is 15.9 Å². The first-order chi connectivity index (χ1) is 6.63. The number of carboxylic acids is 1. The quantitative estimate of drug-likeness (QED) is 0.632. The summed E-state index contributed by atoms with van der Waals surface area (Å²) in [5.41, 5.74) is 6.80. The molecule has 1 rings (SSSR count). The number of hydrogen-bond acceptors (Lipinski definition) is 4. The number of aliphatic hydroxyl groups is 1. The molecule has 0 saturated heterocycles. The molecule has 76 valence electrons. The summed E-state index contributed by atoms with van der Waals surface area (Å²) in [7, 11) is 0. The van der Waals surface area contributed by atoms with Crippen molar-refractivity contribution < 1.29 is 15.0 Å². The summed E-state index contributed by atoms with van der Waals surface area (Å²) in [6.45, 7) is -0.131. The van der Waals surface area contributed by atoms with Crippen molar-refractivity contribution in [2.45, 2.75) is 19.1 Å². The lowest BCUT2D eigenvalue weighted by molar-refractivity contribution is -0.137. The molecule has 1 heterocycles. The van der Waals surface area contributed by atoms with E-state index in [-0.39, 0.29) is 13.0 Å². The van der Waals surface area contributed by atoms with Crippen LogP contribution in [-0.4, -0.2) is 21.2 Å². The van der Waals surface area contributed by atoms with Gasteiger partial charge in [0.2, 0.25) is 0 Å². The summed E-state index contributed by atoms with van der Waals surface area (Å²) < 4.78 is 0. The van der Waals surface area contributed by atoms with Crippen LogP contribution in [0.1, 0.15) is 23.7 Å². The molecule has 1 atom stereocenters. The van der Waals surface area contributed by atoms with Crippen LogP contribution in [0, 0.1) is 0 Å². The van der Waals surface area contributed by atoms with Crippen LogP contribution in [0.2, 0.25) is 0 Å². The van der Waals surface area contributed by atoms with Crippen molar-refractivity contribution in [2.75, 3.05) is 0 Å². The largest absolute Gasteiger partial charge is 0.481 e. The molecule has 14 heavy (non-hydrogen) atoms. The third kappa shape index (κ3) is 2.79. The Morgan fingerprint density at radius 1 is 1.57 bits per heavy atom. The molecule has 0 aliphatic heterocycles. The highest BCUT2D eigenvalue weighted by Gasteiger charge is 2.10. The van der Waals surface area contributed by atoms with Crippen LogP contribution in [-0.2, 0) is 11.4 Å². The molecule has 1 aromatic rings. The van der Waals surface area contributed by atoms with Gasteiger partial charge in [-0.05, 0) is 11.6 Å². The standard InChI is InChI=1S/C9H12N2O3/c10-8(3-9(13)14)6-1-2-7(5-12)11-4-6/h1-2,4,8,12H,3,5,10H2,(H,13,14). The van der Waals surface area contributed by atoms with Gasteiger partial charge in [-0.2, -0.15) is 0 Å². The second-order valence-corrected chi connectivity index (χ2v) is 2.95. The Labute approximate surface area is 81.2 Å². The summed E-state index contributed by atoms with van der Waals surface area (Å²) in [5.74, 6) is -0.941. The average molecular weight is 196 g/mol. The van der Waals surface area contributed by atoms with Gasteiger partial charge in [-0.3, -0.25) is 9.78 Å². The highest BCUT2D eigenvalue weighted by atomic mass is 16.4. The van der Waals surface area contributed by atoms with Crippen molar-refractivity contribution in [3.63, 3.8) is 0 Å². The van der Waals surface area contributed by atoms with E-state index in [1.165, 1.54) is 6.20 Å². The first-order valence-corrected chi connectivity index (χ1v) is 4.16. The maximum atomic E-state index is 10.4. The fourth-order valence-corrected chi connectivity index (χ4v) is 1.05. The minimum Gasteiger partial charge on any atom is -0.481 e. The molecule has 0 spiro atoms. The number of aromatic nitrogens is 1. The van der Waals surface area contributed by atoms with E-state index >= 15 is 0 Å². The SMILES string of the molecule is NC(CC(=O)O)c1ccc(CO)nc1. The minimum absolute atomic E-state index is 0.125. The maximum absolute atomic E-state index is 10.4. The average Bonchev–Trinajstić information content (AvgIpc) is 2.17. The van der Waals surface area contributed by atoms with E-state index in [1.54, 1.807) is 12.1 Å². The topological polar surface area (TPSA) is 96.4 Å². The normalized spacial score (nSPS) is 12.4. The monoisotopic (exact) mass is 196 g/mol. The molecule has 0 bridgehead atoms. The number of pyridine rings is 1. The number of carbonyl (C=O) groups is 1. The Balaban J connectivity index is 2.71. The number of nitrogens with two attached hydrogens (primary N) is 1. The van der Waals surface area contributed by atoms with Crippen molar-refractivity contribution >= 4 is 5.97 Å². The smallest absolute Gasteiger partial charge is 0.305 e. The molecule has 0 amide bonds. The van der Waals surface area contributed by atoms with E-state index in [2.05, 4.69) is 4.98 Å². The first-order valence-electron chi connectivity index (χ1n) is 4.16. The lowest BCUT2D eigenvalue weighted by Crippen LogP contribution is -2.15. The molecule has 0 saturated carbocycles. The zero-order valence-corrected chi connectivity index (χ0v) is 7.55. The summed E-state index contributed by atoms with van der Waals surface area (Å²) in [6, 6.07) is 2.75. The van der Waals surface area contributed by atoms with E-state index in [0.29, 0.717) is 11.3 Å². The zero-order valence-electron chi connectivity index (χ0n) is 7.55. The highest BCUT2D eigenvalue weighted by molar-refractivity contribution is 5.67. The molecule has 1 aromatic heterocycles. The second kappa shape index (κ2) is 4.69. The van der Waals surface area contributed by atoms with Crippen LogP contribution >= 0.6 is 0 Å². The Morgan fingerprint density at radius 2 is 2.29 bits per heavy atom. The van der Waals surface area contributed by atoms with Gasteiger partial charge in [0.1, 0.15) is 0 Å². The van der Waals surface area contributed by atoms with Crippen LogP contribution in [0.4, 0.5) is 0 Å².